The maximum Gasteiger partial charge on any atom is 0.143 e. The van der Waals surface area contributed by atoms with Crippen molar-refractivity contribution < 1.29 is 8.83 Å². The van der Waals surface area contributed by atoms with Gasteiger partial charge in [0.25, 0.3) is 0 Å². The Balaban J connectivity index is 1.16. The van der Waals surface area contributed by atoms with Crippen LogP contribution in [0.3, 0.4) is 0 Å². The summed E-state index contributed by atoms with van der Waals surface area (Å²) in [5.74, 6) is 0. The fourth-order valence-electron chi connectivity index (χ4n) is 7.31. The molecule has 3 heteroatoms. The molecule has 3 nitrogen and oxygen atoms in total. The summed E-state index contributed by atoms with van der Waals surface area (Å²) in [6.45, 7) is 0. The highest BCUT2D eigenvalue weighted by molar-refractivity contribution is 6.14. The summed E-state index contributed by atoms with van der Waals surface area (Å²) >= 11 is 0. The predicted octanol–water partition coefficient (Wildman–Crippen LogP) is 13.4. The van der Waals surface area contributed by atoms with E-state index in [-0.39, 0.29) is 0 Å². The lowest BCUT2D eigenvalue weighted by atomic mass is 10.0. The quantitative estimate of drug-likeness (QED) is 0.190. The fraction of sp³-hybridized carbons (Fsp3) is 0. The minimum atomic E-state index is 0.845. The van der Waals surface area contributed by atoms with Gasteiger partial charge in [-0.05, 0) is 76.0 Å². The van der Waals surface area contributed by atoms with E-state index in [2.05, 4.69) is 157 Å². The summed E-state index contributed by atoms with van der Waals surface area (Å²) in [6, 6.07) is 62.0. The van der Waals surface area contributed by atoms with Gasteiger partial charge in [-0.2, -0.15) is 0 Å². The van der Waals surface area contributed by atoms with Gasteiger partial charge < -0.3 is 13.7 Å². The predicted molar refractivity (Wildman–Crippen MR) is 204 cm³/mol. The highest BCUT2D eigenvalue weighted by atomic mass is 16.3. The number of benzene rings is 8. The maximum atomic E-state index is 6.71. The number of furan rings is 2. The average molecular weight is 628 g/mol. The highest BCUT2D eigenvalue weighted by Crippen LogP contribution is 2.45. The number of para-hydroxylation sites is 2. The minimum absolute atomic E-state index is 0.845. The molecule has 0 aliphatic carbocycles. The molecule has 0 fully saturated rings. The van der Waals surface area contributed by atoms with Gasteiger partial charge in [0, 0.05) is 39.2 Å². The second-order valence-corrected chi connectivity index (χ2v) is 12.5. The standard InChI is InChI=1S/C46H29NO2/c1-2-11-32(12-3-1)37-15-8-16-39-38-27-26-36(29-44(38)49-46(37)39)47(41-17-9-19-43-45(41)40-14-6-7-18-42(40)48-43)35-24-22-31(23-25-35)34-21-20-30-10-4-5-13-33(30)28-34/h1-29H. The van der Waals surface area contributed by atoms with Crippen LogP contribution >= 0.6 is 0 Å². The van der Waals surface area contributed by atoms with Gasteiger partial charge in [0.05, 0.1) is 11.1 Å². The summed E-state index contributed by atoms with van der Waals surface area (Å²) < 4.78 is 13.1. The Labute approximate surface area is 282 Å². The lowest BCUT2D eigenvalue weighted by Gasteiger charge is -2.26. The lowest BCUT2D eigenvalue weighted by Crippen LogP contribution is -2.10. The van der Waals surface area contributed by atoms with Crippen LogP contribution in [0.15, 0.2) is 185 Å². The molecule has 0 bridgehead atoms. The van der Waals surface area contributed by atoms with Gasteiger partial charge in [0.1, 0.15) is 22.3 Å². The number of hydrogen-bond donors (Lipinski definition) is 0. The Bertz CT molecular complexity index is 2830. The molecule has 0 N–H and O–H groups in total. The van der Waals surface area contributed by atoms with Crippen LogP contribution in [0.4, 0.5) is 17.1 Å². The van der Waals surface area contributed by atoms with Gasteiger partial charge in [0.15, 0.2) is 0 Å². The van der Waals surface area contributed by atoms with Crippen molar-refractivity contribution in [3.05, 3.63) is 176 Å². The molecule has 0 spiro atoms. The van der Waals surface area contributed by atoms with Crippen molar-refractivity contribution in [3.8, 4) is 22.3 Å². The second-order valence-electron chi connectivity index (χ2n) is 12.5. The van der Waals surface area contributed by atoms with Gasteiger partial charge in [-0.25, -0.2) is 0 Å². The first kappa shape index (κ1) is 27.5. The Morgan fingerprint density at radius 2 is 1.08 bits per heavy atom. The van der Waals surface area contributed by atoms with Crippen LogP contribution in [0.25, 0.3) is 76.9 Å². The van der Waals surface area contributed by atoms with Crippen molar-refractivity contribution in [2.24, 2.45) is 0 Å². The zero-order valence-corrected chi connectivity index (χ0v) is 26.5. The van der Waals surface area contributed by atoms with E-state index >= 15 is 0 Å². The van der Waals surface area contributed by atoms with Crippen LogP contribution < -0.4 is 4.90 Å². The van der Waals surface area contributed by atoms with Crippen molar-refractivity contribution in [2.45, 2.75) is 0 Å². The van der Waals surface area contributed by atoms with Crippen LogP contribution in [0, 0.1) is 0 Å². The first-order valence-electron chi connectivity index (χ1n) is 16.6. The molecule has 0 aliphatic heterocycles. The number of fused-ring (bicyclic) bond motifs is 7. The molecular weight excluding hydrogens is 599 g/mol. The summed E-state index contributed by atoms with van der Waals surface area (Å²) in [5.41, 5.74) is 11.2. The third-order valence-corrected chi connectivity index (χ3v) is 9.66. The molecule has 0 amide bonds. The van der Waals surface area contributed by atoms with Crippen molar-refractivity contribution in [1.82, 2.24) is 0 Å². The second kappa shape index (κ2) is 11.0. The van der Waals surface area contributed by atoms with Crippen molar-refractivity contribution in [1.29, 1.82) is 0 Å². The van der Waals surface area contributed by atoms with Gasteiger partial charge in [-0.1, -0.05) is 121 Å². The fourth-order valence-corrected chi connectivity index (χ4v) is 7.31. The Kier molecular flexibility index (Phi) is 6.18. The van der Waals surface area contributed by atoms with E-state index in [4.69, 9.17) is 8.83 Å². The Hall–Kier alpha value is -6.58. The summed E-state index contributed by atoms with van der Waals surface area (Å²) in [6.07, 6.45) is 0. The van der Waals surface area contributed by atoms with E-state index < -0.39 is 0 Å². The zero-order valence-electron chi connectivity index (χ0n) is 26.5. The summed E-state index contributed by atoms with van der Waals surface area (Å²) in [7, 11) is 0. The summed E-state index contributed by atoms with van der Waals surface area (Å²) in [4.78, 5) is 2.32. The van der Waals surface area contributed by atoms with Gasteiger partial charge in [-0.15, -0.1) is 0 Å². The monoisotopic (exact) mass is 627 g/mol. The van der Waals surface area contributed by atoms with E-state index in [0.717, 1.165) is 72.1 Å². The lowest BCUT2D eigenvalue weighted by molar-refractivity contribution is 0.669. The van der Waals surface area contributed by atoms with E-state index in [0.29, 0.717) is 0 Å². The van der Waals surface area contributed by atoms with Gasteiger partial charge in [0.2, 0.25) is 0 Å². The normalized spacial score (nSPS) is 11.7. The van der Waals surface area contributed by atoms with E-state index in [1.807, 2.05) is 24.3 Å². The van der Waals surface area contributed by atoms with Crippen LogP contribution in [0.1, 0.15) is 0 Å². The Morgan fingerprint density at radius 1 is 0.367 bits per heavy atom. The molecule has 0 saturated carbocycles. The molecule has 10 aromatic rings. The molecular formula is C46H29NO2. The van der Waals surface area contributed by atoms with E-state index in [9.17, 15) is 0 Å². The van der Waals surface area contributed by atoms with Crippen LogP contribution in [-0.4, -0.2) is 0 Å². The number of nitrogens with zero attached hydrogens (tertiary/aromatic N) is 1. The topological polar surface area (TPSA) is 29.5 Å². The molecule has 10 rings (SSSR count). The first-order chi connectivity index (χ1) is 24.3. The molecule has 230 valence electrons. The Morgan fingerprint density at radius 3 is 1.98 bits per heavy atom. The third-order valence-electron chi connectivity index (χ3n) is 9.66. The molecule has 0 radical (unpaired) electrons. The smallest absolute Gasteiger partial charge is 0.143 e. The van der Waals surface area contributed by atoms with Crippen LogP contribution in [-0.2, 0) is 0 Å². The SMILES string of the molecule is c1ccc(-c2cccc3c2oc2cc(N(c4ccc(-c5ccc6ccccc6c5)cc4)c4cccc5oc6ccccc6c45)ccc23)cc1. The first-order valence-corrected chi connectivity index (χ1v) is 16.6. The molecule has 0 saturated heterocycles. The van der Waals surface area contributed by atoms with E-state index in [1.165, 1.54) is 21.9 Å². The number of rotatable bonds is 5. The maximum absolute atomic E-state index is 6.71. The highest BCUT2D eigenvalue weighted by Gasteiger charge is 2.21. The summed E-state index contributed by atoms with van der Waals surface area (Å²) in [5, 5.41) is 6.84. The molecule has 0 aliphatic rings. The van der Waals surface area contributed by atoms with Crippen molar-refractivity contribution in [3.63, 3.8) is 0 Å². The van der Waals surface area contributed by atoms with E-state index in [1.54, 1.807) is 0 Å². The molecule has 0 atom stereocenters. The number of anilines is 3. The molecule has 2 aromatic heterocycles. The van der Waals surface area contributed by atoms with Gasteiger partial charge in [-0.3, -0.25) is 0 Å². The van der Waals surface area contributed by atoms with Crippen LogP contribution in [0.2, 0.25) is 0 Å². The van der Waals surface area contributed by atoms with Gasteiger partial charge >= 0.3 is 0 Å². The zero-order chi connectivity index (χ0) is 32.3. The molecule has 0 unspecified atom stereocenters. The average Bonchev–Trinajstić information content (AvgIpc) is 3.74. The van der Waals surface area contributed by atoms with Crippen LogP contribution in [0.5, 0.6) is 0 Å². The number of hydrogen-bond acceptors (Lipinski definition) is 3. The minimum Gasteiger partial charge on any atom is -0.456 e. The molecule has 49 heavy (non-hydrogen) atoms. The largest absolute Gasteiger partial charge is 0.456 e. The molecule has 2 heterocycles. The molecule has 8 aromatic carbocycles. The van der Waals surface area contributed by atoms with Crippen molar-refractivity contribution >= 4 is 71.7 Å². The van der Waals surface area contributed by atoms with Crippen molar-refractivity contribution in [2.75, 3.05) is 4.90 Å². The third kappa shape index (κ3) is 4.51.